The van der Waals surface area contributed by atoms with Gasteiger partial charge in [0.15, 0.2) is 0 Å². The molecule has 0 aromatic heterocycles. The molecule has 2 aromatic rings. The molecule has 2 nitrogen and oxygen atoms in total. The van der Waals surface area contributed by atoms with Crippen molar-refractivity contribution in [2.75, 3.05) is 13.2 Å². The first-order chi connectivity index (χ1) is 11.1. The number of rotatable bonds is 8. The summed E-state index contributed by atoms with van der Waals surface area (Å²) < 4.78 is 5.83. The first-order valence-corrected chi connectivity index (χ1v) is 8.59. The number of nitrogens with two attached hydrogens (primary N) is 1. The van der Waals surface area contributed by atoms with Crippen LogP contribution in [0.3, 0.4) is 0 Å². The third-order valence-corrected chi connectivity index (χ3v) is 4.31. The molecular weight excluding hydrogens is 282 g/mol. The predicted molar refractivity (Wildman–Crippen MR) is 98.2 cm³/mol. The fourth-order valence-corrected chi connectivity index (χ4v) is 2.80. The SMILES string of the molecule is Cc1cccc(OCCCC(CN)c2ccc(C(C)C)cc2)c1. The van der Waals surface area contributed by atoms with E-state index in [-0.39, 0.29) is 0 Å². The van der Waals surface area contributed by atoms with Crippen molar-refractivity contribution in [3.63, 3.8) is 0 Å². The first kappa shape index (κ1) is 17.6. The molecule has 0 heterocycles. The summed E-state index contributed by atoms with van der Waals surface area (Å²) in [5.74, 6) is 1.94. The van der Waals surface area contributed by atoms with Crippen LogP contribution >= 0.6 is 0 Å². The molecule has 0 aliphatic rings. The lowest BCUT2D eigenvalue weighted by molar-refractivity contribution is 0.301. The second-order valence-corrected chi connectivity index (χ2v) is 6.56. The van der Waals surface area contributed by atoms with Crippen LogP contribution in [0.15, 0.2) is 48.5 Å². The van der Waals surface area contributed by atoms with E-state index in [0.29, 0.717) is 18.4 Å². The fraction of sp³-hybridized carbons (Fsp3) is 0.429. The lowest BCUT2D eigenvalue weighted by Crippen LogP contribution is -2.14. The highest BCUT2D eigenvalue weighted by molar-refractivity contribution is 5.28. The van der Waals surface area contributed by atoms with Gasteiger partial charge >= 0.3 is 0 Å². The zero-order chi connectivity index (χ0) is 16.7. The van der Waals surface area contributed by atoms with Crippen molar-refractivity contribution in [1.29, 1.82) is 0 Å². The Bertz CT molecular complexity index is 589. The Labute approximate surface area is 140 Å². The lowest BCUT2D eigenvalue weighted by Gasteiger charge is -2.16. The third-order valence-electron chi connectivity index (χ3n) is 4.31. The topological polar surface area (TPSA) is 35.2 Å². The summed E-state index contributed by atoms with van der Waals surface area (Å²) in [6.07, 6.45) is 2.07. The summed E-state index contributed by atoms with van der Waals surface area (Å²) in [4.78, 5) is 0. The molecule has 0 saturated heterocycles. The Balaban J connectivity index is 1.82. The van der Waals surface area contributed by atoms with Crippen molar-refractivity contribution in [2.24, 2.45) is 5.73 Å². The second kappa shape index (κ2) is 8.73. The van der Waals surface area contributed by atoms with E-state index in [9.17, 15) is 0 Å². The van der Waals surface area contributed by atoms with Gasteiger partial charge in [0.25, 0.3) is 0 Å². The highest BCUT2D eigenvalue weighted by atomic mass is 16.5. The summed E-state index contributed by atoms with van der Waals surface area (Å²) in [6.45, 7) is 7.95. The Morgan fingerprint density at radius 3 is 2.30 bits per heavy atom. The first-order valence-electron chi connectivity index (χ1n) is 8.59. The van der Waals surface area contributed by atoms with Crippen molar-refractivity contribution in [3.8, 4) is 5.75 Å². The summed E-state index contributed by atoms with van der Waals surface area (Å²) >= 11 is 0. The number of benzene rings is 2. The van der Waals surface area contributed by atoms with Gasteiger partial charge in [-0.2, -0.15) is 0 Å². The molecule has 23 heavy (non-hydrogen) atoms. The number of aryl methyl sites for hydroxylation is 1. The highest BCUT2D eigenvalue weighted by Crippen LogP contribution is 2.23. The molecule has 2 rings (SSSR count). The number of hydrogen-bond acceptors (Lipinski definition) is 2. The maximum atomic E-state index is 5.98. The standard InChI is InChI=1S/C21H29NO/c1-16(2)18-9-11-19(12-10-18)20(15-22)7-5-13-23-21-8-4-6-17(3)14-21/h4,6,8-12,14,16,20H,5,7,13,15,22H2,1-3H3. The second-order valence-electron chi connectivity index (χ2n) is 6.56. The monoisotopic (exact) mass is 311 g/mol. The normalized spacial score (nSPS) is 12.4. The largest absolute Gasteiger partial charge is 0.494 e. The van der Waals surface area contributed by atoms with Crippen LogP contribution in [0.2, 0.25) is 0 Å². The molecule has 0 radical (unpaired) electrons. The van der Waals surface area contributed by atoms with Gasteiger partial charge in [0, 0.05) is 0 Å². The fourth-order valence-electron chi connectivity index (χ4n) is 2.80. The van der Waals surface area contributed by atoms with E-state index in [1.165, 1.54) is 16.7 Å². The lowest BCUT2D eigenvalue weighted by atomic mass is 9.92. The van der Waals surface area contributed by atoms with E-state index >= 15 is 0 Å². The molecule has 0 fully saturated rings. The van der Waals surface area contributed by atoms with E-state index < -0.39 is 0 Å². The van der Waals surface area contributed by atoms with Gasteiger partial charge in [-0.1, -0.05) is 50.2 Å². The van der Waals surface area contributed by atoms with Crippen molar-refractivity contribution >= 4 is 0 Å². The average Bonchev–Trinajstić information content (AvgIpc) is 2.55. The van der Waals surface area contributed by atoms with Crippen LogP contribution in [-0.4, -0.2) is 13.2 Å². The maximum Gasteiger partial charge on any atom is 0.119 e. The van der Waals surface area contributed by atoms with Crippen LogP contribution in [0, 0.1) is 6.92 Å². The van der Waals surface area contributed by atoms with Gasteiger partial charge in [-0.3, -0.25) is 0 Å². The number of hydrogen-bond donors (Lipinski definition) is 1. The van der Waals surface area contributed by atoms with E-state index in [4.69, 9.17) is 10.5 Å². The predicted octanol–water partition coefficient (Wildman–Crippen LogP) is 5.02. The highest BCUT2D eigenvalue weighted by Gasteiger charge is 2.10. The summed E-state index contributed by atoms with van der Waals surface area (Å²) in [5, 5.41) is 0. The Morgan fingerprint density at radius 2 is 1.70 bits per heavy atom. The average molecular weight is 311 g/mol. The van der Waals surface area contributed by atoms with Crippen LogP contribution in [0.25, 0.3) is 0 Å². The molecule has 2 heteroatoms. The van der Waals surface area contributed by atoms with Gasteiger partial charge in [-0.25, -0.2) is 0 Å². The van der Waals surface area contributed by atoms with E-state index in [2.05, 4.69) is 57.2 Å². The Morgan fingerprint density at radius 1 is 1.00 bits per heavy atom. The van der Waals surface area contributed by atoms with Gasteiger partial charge in [-0.15, -0.1) is 0 Å². The van der Waals surface area contributed by atoms with E-state index in [0.717, 1.165) is 25.2 Å². The Kier molecular flexibility index (Phi) is 6.66. The van der Waals surface area contributed by atoms with Gasteiger partial charge < -0.3 is 10.5 Å². The zero-order valence-electron chi connectivity index (χ0n) is 14.6. The van der Waals surface area contributed by atoms with Gasteiger partial charge in [0.05, 0.1) is 6.61 Å². The van der Waals surface area contributed by atoms with Gasteiger partial charge in [0.2, 0.25) is 0 Å². The molecule has 0 saturated carbocycles. The minimum Gasteiger partial charge on any atom is -0.494 e. The summed E-state index contributed by atoms with van der Waals surface area (Å²) in [7, 11) is 0. The quantitative estimate of drug-likeness (QED) is 0.695. The van der Waals surface area contributed by atoms with Crippen LogP contribution in [0.5, 0.6) is 5.75 Å². The molecule has 0 amide bonds. The van der Waals surface area contributed by atoms with Crippen molar-refractivity contribution in [2.45, 2.75) is 45.4 Å². The third kappa shape index (κ3) is 5.40. The molecule has 0 aliphatic carbocycles. The molecule has 0 bridgehead atoms. The minimum atomic E-state index is 0.414. The minimum absolute atomic E-state index is 0.414. The number of ether oxygens (including phenoxy) is 1. The van der Waals surface area contributed by atoms with Gasteiger partial charge in [0.1, 0.15) is 5.75 Å². The van der Waals surface area contributed by atoms with Crippen molar-refractivity contribution in [1.82, 2.24) is 0 Å². The summed E-state index contributed by atoms with van der Waals surface area (Å²) in [6, 6.07) is 17.1. The van der Waals surface area contributed by atoms with E-state index in [1.807, 2.05) is 12.1 Å². The van der Waals surface area contributed by atoms with Crippen molar-refractivity contribution in [3.05, 3.63) is 65.2 Å². The van der Waals surface area contributed by atoms with Crippen LogP contribution in [0.4, 0.5) is 0 Å². The molecule has 124 valence electrons. The van der Waals surface area contributed by atoms with Crippen LogP contribution in [-0.2, 0) is 0 Å². The summed E-state index contributed by atoms with van der Waals surface area (Å²) in [5.41, 5.74) is 9.93. The maximum absolute atomic E-state index is 5.98. The van der Waals surface area contributed by atoms with E-state index in [1.54, 1.807) is 0 Å². The Hall–Kier alpha value is -1.80. The van der Waals surface area contributed by atoms with Gasteiger partial charge in [-0.05, 0) is 67.0 Å². The van der Waals surface area contributed by atoms with Crippen LogP contribution < -0.4 is 10.5 Å². The zero-order valence-corrected chi connectivity index (χ0v) is 14.6. The molecule has 0 aliphatic heterocycles. The molecule has 2 aromatic carbocycles. The molecule has 1 atom stereocenters. The van der Waals surface area contributed by atoms with Crippen LogP contribution in [0.1, 0.15) is 55.2 Å². The molecule has 0 spiro atoms. The van der Waals surface area contributed by atoms with Crippen molar-refractivity contribution < 1.29 is 4.74 Å². The molecular formula is C21H29NO. The molecule has 2 N–H and O–H groups in total. The molecule has 1 unspecified atom stereocenters. The smallest absolute Gasteiger partial charge is 0.119 e.